The number of Topliss-reactive ketones (excluding diaryl/α,β-unsaturated/α-hetero) is 1. The molecule has 0 aromatic heterocycles. The number of hydrogen-bond acceptors (Lipinski definition) is 3. The Labute approximate surface area is 108 Å². The van der Waals surface area contributed by atoms with E-state index in [4.69, 9.17) is 9.84 Å². The highest BCUT2D eigenvalue weighted by Crippen LogP contribution is 2.25. The molecule has 0 bridgehead atoms. The fourth-order valence-electron chi connectivity index (χ4n) is 2.40. The minimum absolute atomic E-state index is 0.153. The van der Waals surface area contributed by atoms with Crippen LogP contribution in [0.25, 0.3) is 0 Å². The van der Waals surface area contributed by atoms with Crippen LogP contribution in [-0.2, 0) is 11.2 Å². The predicted molar refractivity (Wildman–Crippen MR) is 69.7 cm³/mol. The highest BCUT2D eigenvalue weighted by atomic mass is 16.5. The van der Waals surface area contributed by atoms with Crippen LogP contribution in [0.15, 0.2) is 24.3 Å². The molecule has 1 saturated carbocycles. The van der Waals surface area contributed by atoms with Gasteiger partial charge in [-0.2, -0.15) is 0 Å². The maximum atomic E-state index is 11.8. The third kappa shape index (κ3) is 3.57. The van der Waals surface area contributed by atoms with Gasteiger partial charge in [0.15, 0.2) is 5.78 Å². The summed E-state index contributed by atoms with van der Waals surface area (Å²) in [4.78, 5) is 11.8. The molecule has 3 heteroatoms. The highest BCUT2D eigenvalue weighted by Gasteiger charge is 2.22. The lowest BCUT2D eigenvalue weighted by atomic mass is 10.0. The molecule has 0 amide bonds. The Hall–Kier alpha value is -1.35. The molecule has 18 heavy (non-hydrogen) atoms. The van der Waals surface area contributed by atoms with Gasteiger partial charge in [-0.05, 0) is 37.0 Å². The molecule has 1 aromatic carbocycles. The maximum absolute atomic E-state index is 11.8. The van der Waals surface area contributed by atoms with Gasteiger partial charge in [0.1, 0.15) is 12.4 Å². The van der Waals surface area contributed by atoms with Crippen LogP contribution >= 0.6 is 0 Å². The maximum Gasteiger partial charge on any atom is 0.173 e. The molecule has 1 fully saturated rings. The summed E-state index contributed by atoms with van der Waals surface area (Å²) >= 11 is 0. The van der Waals surface area contributed by atoms with Crippen LogP contribution < -0.4 is 4.74 Å². The van der Waals surface area contributed by atoms with E-state index in [1.807, 2.05) is 24.3 Å². The first kappa shape index (κ1) is 13.1. The van der Waals surface area contributed by atoms with Gasteiger partial charge in [-0.15, -0.1) is 0 Å². The van der Waals surface area contributed by atoms with Gasteiger partial charge in [0, 0.05) is 12.5 Å². The fourth-order valence-corrected chi connectivity index (χ4v) is 2.40. The van der Waals surface area contributed by atoms with E-state index in [0.717, 1.165) is 24.2 Å². The smallest absolute Gasteiger partial charge is 0.173 e. The van der Waals surface area contributed by atoms with Crippen molar-refractivity contribution in [2.45, 2.75) is 32.1 Å². The molecule has 3 nitrogen and oxygen atoms in total. The SMILES string of the molecule is O=C(COc1ccc(CCO)cc1)C1CCCC1. The van der Waals surface area contributed by atoms with Crippen molar-refractivity contribution in [2.75, 3.05) is 13.2 Å². The molecule has 2 rings (SSSR count). The average molecular weight is 248 g/mol. The van der Waals surface area contributed by atoms with Gasteiger partial charge in [-0.3, -0.25) is 4.79 Å². The van der Waals surface area contributed by atoms with Crippen molar-refractivity contribution in [1.82, 2.24) is 0 Å². The van der Waals surface area contributed by atoms with Crippen molar-refractivity contribution >= 4 is 5.78 Å². The zero-order valence-corrected chi connectivity index (χ0v) is 10.6. The molecule has 0 unspecified atom stereocenters. The molecule has 0 radical (unpaired) electrons. The summed E-state index contributed by atoms with van der Waals surface area (Å²) in [6.45, 7) is 0.338. The van der Waals surface area contributed by atoms with Crippen LogP contribution in [0.4, 0.5) is 0 Å². The second-order valence-corrected chi connectivity index (χ2v) is 4.85. The Morgan fingerprint density at radius 2 is 1.89 bits per heavy atom. The Kier molecular flexibility index (Phi) is 4.76. The molecule has 1 aromatic rings. The van der Waals surface area contributed by atoms with Crippen LogP contribution in [0.2, 0.25) is 0 Å². The molecule has 0 saturated heterocycles. The highest BCUT2D eigenvalue weighted by molar-refractivity contribution is 5.82. The molecule has 0 aliphatic heterocycles. The topological polar surface area (TPSA) is 46.5 Å². The zero-order chi connectivity index (χ0) is 12.8. The molecule has 1 N–H and O–H groups in total. The van der Waals surface area contributed by atoms with Gasteiger partial charge < -0.3 is 9.84 Å². The minimum Gasteiger partial charge on any atom is -0.486 e. The van der Waals surface area contributed by atoms with Crippen LogP contribution in [0.3, 0.4) is 0 Å². The van der Waals surface area contributed by atoms with E-state index < -0.39 is 0 Å². The molecular formula is C15H20O3. The number of carbonyl (C=O) groups is 1. The summed E-state index contributed by atoms with van der Waals surface area (Å²) < 4.78 is 5.50. The van der Waals surface area contributed by atoms with Crippen molar-refractivity contribution in [2.24, 2.45) is 5.92 Å². The predicted octanol–water partition coefficient (Wildman–Crippen LogP) is 2.36. The van der Waals surface area contributed by atoms with Crippen molar-refractivity contribution in [3.8, 4) is 5.75 Å². The normalized spacial score (nSPS) is 15.8. The van der Waals surface area contributed by atoms with Gasteiger partial charge >= 0.3 is 0 Å². The number of benzene rings is 1. The summed E-state index contributed by atoms with van der Waals surface area (Å²) in [5.41, 5.74) is 1.08. The summed E-state index contributed by atoms with van der Waals surface area (Å²) in [5, 5.41) is 8.81. The Balaban J connectivity index is 1.80. The zero-order valence-electron chi connectivity index (χ0n) is 10.6. The first-order valence-corrected chi connectivity index (χ1v) is 6.65. The summed E-state index contributed by atoms with van der Waals surface area (Å²) in [6, 6.07) is 7.55. The summed E-state index contributed by atoms with van der Waals surface area (Å²) in [5.74, 6) is 1.17. The number of ketones is 1. The number of hydrogen-bond donors (Lipinski definition) is 1. The molecule has 98 valence electrons. The van der Waals surface area contributed by atoms with E-state index in [9.17, 15) is 4.79 Å². The quantitative estimate of drug-likeness (QED) is 0.840. The number of aliphatic hydroxyl groups is 1. The van der Waals surface area contributed by atoms with E-state index in [-0.39, 0.29) is 24.9 Å². The van der Waals surface area contributed by atoms with Crippen LogP contribution in [0, 0.1) is 5.92 Å². The molecule has 0 atom stereocenters. The van der Waals surface area contributed by atoms with E-state index in [2.05, 4.69) is 0 Å². The number of aliphatic hydroxyl groups excluding tert-OH is 1. The lowest BCUT2D eigenvalue weighted by molar-refractivity contribution is -0.124. The monoisotopic (exact) mass is 248 g/mol. The van der Waals surface area contributed by atoms with Gasteiger partial charge in [-0.25, -0.2) is 0 Å². The van der Waals surface area contributed by atoms with Crippen LogP contribution in [-0.4, -0.2) is 24.1 Å². The van der Waals surface area contributed by atoms with Crippen molar-refractivity contribution in [3.63, 3.8) is 0 Å². The van der Waals surface area contributed by atoms with Crippen molar-refractivity contribution in [3.05, 3.63) is 29.8 Å². The molecule has 1 aliphatic rings. The molecule has 1 aliphatic carbocycles. The lowest BCUT2D eigenvalue weighted by Gasteiger charge is -2.10. The third-order valence-electron chi connectivity index (χ3n) is 3.52. The molecule has 0 heterocycles. The van der Waals surface area contributed by atoms with E-state index in [1.165, 1.54) is 12.8 Å². The third-order valence-corrected chi connectivity index (χ3v) is 3.52. The largest absolute Gasteiger partial charge is 0.486 e. The Morgan fingerprint density at radius 1 is 1.22 bits per heavy atom. The van der Waals surface area contributed by atoms with Crippen molar-refractivity contribution in [1.29, 1.82) is 0 Å². The lowest BCUT2D eigenvalue weighted by Crippen LogP contribution is -2.19. The number of rotatable bonds is 6. The van der Waals surface area contributed by atoms with Gasteiger partial charge in [-0.1, -0.05) is 25.0 Å². The Morgan fingerprint density at radius 3 is 2.50 bits per heavy atom. The molecular weight excluding hydrogens is 228 g/mol. The average Bonchev–Trinajstić information content (AvgIpc) is 2.92. The van der Waals surface area contributed by atoms with Crippen LogP contribution in [0.1, 0.15) is 31.2 Å². The summed E-state index contributed by atoms with van der Waals surface area (Å²) in [6.07, 6.45) is 5.05. The van der Waals surface area contributed by atoms with E-state index in [1.54, 1.807) is 0 Å². The van der Waals surface area contributed by atoms with E-state index >= 15 is 0 Å². The first-order valence-electron chi connectivity index (χ1n) is 6.65. The fraction of sp³-hybridized carbons (Fsp3) is 0.533. The summed E-state index contributed by atoms with van der Waals surface area (Å²) in [7, 11) is 0. The van der Waals surface area contributed by atoms with Gasteiger partial charge in [0.05, 0.1) is 0 Å². The second-order valence-electron chi connectivity index (χ2n) is 4.85. The van der Waals surface area contributed by atoms with Gasteiger partial charge in [0.25, 0.3) is 0 Å². The number of ether oxygens (including phenoxy) is 1. The standard InChI is InChI=1S/C15H20O3/c16-10-9-12-5-7-14(8-6-12)18-11-15(17)13-3-1-2-4-13/h5-8,13,16H,1-4,9-11H2. The second kappa shape index (κ2) is 6.55. The van der Waals surface area contributed by atoms with E-state index in [0.29, 0.717) is 6.42 Å². The Bertz CT molecular complexity index is 377. The minimum atomic E-state index is 0.153. The van der Waals surface area contributed by atoms with Crippen molar-refractivity contribution < 1.29 is 14.6 Å². The van der Waals surface area contributed by atoms with Crippen LogP contribution in [0.5, 0.6) is 5.75 Å². The number of carbonyl (C=O) groups excluding carboxylic acids is 1. The molecule has 0 spiro atoms. The first-order chi connectivity index (χ1) is 8.79. The van der Waals surface area contributed by atoms with Gasteiger partial charge in [0.2, 0.25) is 0 Å².